The molecule has 3 aromatic heterocycles. The van der Waals surface area contributed by atoms with Crippen LogP contribution in [0.3, 0.4) is 0 Å². The molecule has 0 saturated heterocycles. The third-order valence-corrected chi connectivity index (χ3v) is 5.21. The van der Waals surface area contributed by atoms with Crippen LogP contribution in [0, 0.1) is 0 Å². The van der Waals surface area contributed by atoms with Gasteiger partial charge in [0.2, 0.25) is 5.88 Å². The second-order valence-corrected chi connectivity index (χ2v) is 7.06. The maximum atomic E-state index is 13.1. The summed E-state index contributed by atoms with van der Waals surface area (Å²) in [5.74, 6) is -0.559. The summed E-state index contributed by atoms with van der Waals surface area (Å²) < 4.78 is 1.61. The lowest BCUT2D eigenvalue weighted by atomic mass is 10.0. The van der Waals surface area contributed by atoms with Crippen molar-refractivity contribution in [1.82, 2.24) is 14.5 Å². The summed E-state index contributed by atoms with van der Waals surface area (Å²) in [5, 5.41) is 19.9. The molecule has 7 heteroatoms. The first-order valence-corrected chi connectivity index (χ1v) is 9.66. The number of hydrogen-bond acceptors (Lipinski definition) is 5. The summed E-state index contributed by atoms with van der Waals surface area (Å²) in [7, 11) is 1.73. The fraction of sp³-hybridized carbons (Fsp3) is 0.0417. The molecule has 0 aliphatic carbocycles. The van der Waals surface area contributed by atoms with Crippen LogP contribution in [0.4, 0.5) is 5.69 Å². The Kier molecular flexibility index (Phi) is 4.48. The Morgan fingerprint density at radius 3 is 2.48 bits per heavy atom. The van der Waals surface area contributed by atoms with Crippen LogP contribution < -0.4 is 0 Å². The Labute approximate surface area is 177 Å². The van der Waals surface area contributed by atoms with Crippen molar-refractivity contribution in [3.05, 3.63) is 84.7 Å². The minimum absolute atomic E-state index is 0.0465. The molecule has 0 aliphatic heterocycles. The molecule has 0 atom stereocenters. The predicted molar refractivity (Wildman–Crippen MR) is 118 cm³/mol. The van der Waals surface area contributed by atoms with E-state index in [-0.39, 0.29) is 11.6 Å². The van der Waals surface area contributed by atoms with Gasteiger partial charge in [-0.25, -0.2) is 4.98 Å². The topological polar surface area (TPSA) is 92.7 Å². The molecule has 2 aromatic carbocycles. The molecule has 1 amide bonds. The van der Waals surface area contributed by atoms with E-state index in [4.69, 9.17) is 0 Å². The third kappa shape index (κ3) is 3.22. The van der Waals surface area contributed by atoms with Crippen LogP contribution in [0.25, 0.3) is 33.1 Å². The van der Waals surface area contributed by atoms with Gasteiger partial charge in [0, 0.05) is 35.8 Å². The number of carbonyl (C=O) groups excluding carboxylic acids is 1. The van der Waals surface area contributed by atoms with E-state index in [0.29, 0.717) is 22.2 Å². The molecule has 0 saturated carbocycles. The molecule has 31 heavy (non-hydrogen) atoms. The van der Waals surface area contributed by atoms with Gasteiger partial charge in [-0.1, -0.05) is 36.4 Å². The highest BCUT2D eigenvalue weighted by molar-refractivity contribution is 6.07. The maximum absolute atomic E-state index is 13.1. The summed E-state index contributed by atoms with van der Waals surface area (Å²) in [6.45, 7) is 0. The van der Waals surface area contributed by atoms with Crippen LogP contribution in [0.2, 0.25) is 0 Å². The van der Waals surface area contributed by atoms with Crippen LogP contribution >= 0.6 is 0 Å². The lowest BCUT2D eigenvalue weighted by Crippen LogP contribution is -1.99. The van der Waals surface area contributed by atoms with E-state index in [1.165, 1.54) is 0 Å². The zero-order valence-corrected chi connectivity index (χ0v) is 16.6. The van der Waals surface area contributed by atoms with Crippen LogP contribution in [0.15, 0.2) is 89.4 Å². The van der Waals surface area contributed by atoms with Gasteiger partial charge in [-0.05, 0) is 30.3 Å². The number of azo groups is 1. The zero-order chi connectivity index (χ0) is 21.4. The zero-order valence-electron chi connectivity index (χ0n) is 16.6. The van der Waals surface area contributed by atoms with Crippen molar-refractivity contribution in [2.75, 3.05) is 0 Å². The standard InChI is InChI=1S/C24H17N5O2/c1-29-21-9-5-3-7-17(21)22(24(29)31)27-28-23(30)18-14-20(15-10-12-25-13-11-15)26-19-8-4-2-6-16(18)19/h2-14,31H,1H3. The quantitative estimate of drug-likeness (QED) is 0.404. The SMILES string of the molecule is Cn1c(O)c(N=NC(=O)c2cc(-c3ccncc3)nc3ccccc23)c2ccccc21. The lowest BCUT2D eigenvalue weighted by Gasteiger charge is -2.07. The molecule has 0 fully saturated rings. The Hall–Kier alpha value is -4.39. The van der Waals surface area contributed by atoms with Crippen LogP contribution in [0.1, 0.15) is 10.4 Å². The molecule has 3 heterocycles. The van der Waals surface area contributed by atoms with E-state index in [9.17, 15) is 9.90 Å². The predicted octanol–water partition coefficient (Wildman–Crippen LogP) is 5.42. The van der Waals surface area contributed by atoms with Crippen molar-refractivity contribution in [2.24, 2.45) is 17.3 Å². The first kappa shape index (κ1) is 18.6. The highest BCUT2D eigenvalue weighted by atomic mass is 16.3. The number of aryl methyl sites for hydroxylation is 1. The second-order valence-electron chi connectivity index (χ2n) is 7.06. The number of aromatic nitrogens is 3. The summed E-state index contributed by atoms with van der Waals surface area (Å²) in [5.41, 5.74) is 3.63. The Balaban J connectivity index is 1.62. The van der Waals surface area contributed by atoms with Crippen molar-refractivity contribution in [2.45, 2.75) is 0 Å². The fourth-order valence-electron chi connectivity index (χ4n) is 3.63. The van der Waals surface area contributed by atoms with E-state index >= 15 is 0 Å². The number of pyridine rings is 2. The van der Waals surface area contributed by atoms with Crippen LogP contribution in [0.5, 0.6) is 5.88 Å². The molecule has 0 radical (unpaired) electrons. The molecule has 0 bridgehead atoms. The first-order chi connectivity index (χ1) is 15.1. The van der Waals surface area contributed by atoms with E-state index in [2.05, 4.69) is 20.2 Å². The Morgan fingerprint density at radius 2 is 1.68 bits per heavy atom. The number of amides is 1. The van der Waals surface area contributed by atoms with Crippen LogP contribution in [-0.4, -0.2) is 25.5 Å². The minimum atomic E-state index is -0.513. The van der Waals surface area contributed by atoms with Gasteiger partial charge in [-0.3, -0.25) is 9.78 Å². The molecule has 0 spiro atoms. The molecule has 0 aliphatic rings. The van der Waals surface area contributed by atoms with Crippen molar-refractivity contribution in [3.63, 3.8) is 0 Å². The molecule has 5 rings (SSSR count). The number of carbonyl (C=O) groups is 1. The number of rotatable bonds is 3. The van der Waals surface area contributed by atoms with E-state index in [1.54, 1.807) is 30.1 Å². The van der Waals surface area contributed by atoms with E-state index in [1.807, 2.05) is 60.7 Å². The first-order valence-electron chi connectivity index (χ1n) is 9.66. The monoisotopic (exact) mass is 407 g/mol. The van der Waals surface area contributed by atoms with Crippen LogP contribution in [-0.2, 0) is 7.05 Å². The average molecular weight is 407 g/mol. The van der Waals surface area contributed by atoms with Crippen molar-refractivity contribution >= 4 is 33.4 Å². The lowest BCUT2D eigenvalue weighted by molar-refractivity contribution is 0.0996. The van der Waals surface area contributed by atoms with Gasteiger partial charge < -0.3 is 9.67 Å². The number of para-hydroxylation sites is 2. The maximum Gasteiger partial charge on any atom is 0.296 e. The summed E-state index contributed by atoms with van der Waals surface area (Å²) in [6.07, 6.45) is 3.35. The number of benzene rings is 2. The number of hydrogen-bond donors (Lipinski definition) is 1. The molecule has 5 aromatic rings. The fourth-order valence-corrected chi connectivity index (χ4v) is 3.63. The largest absolute Gasteiger partial charge is 0.493 e. The van der Waals surface area contributed by atoms with E-state index < -0.39 is 5.91 Å². The van der Waals surface area contributed by atoms with Gasteiger partial charge >= 0.3 is 0 Å². The summed E-state index contributed by atoms with van der Waals surface area (Å²) in [4.78, 5) is 21.8. The van der Waals surface area contributed by atoms with Gasteiger partial charge in [-0.15, -0.1) is 10.2 Å². The molecular weight excluding hydrogens is 390 g/mol. The number of fused-ring (bicyclic) bond motifs is 2. The van der Waals surface area contributed by atoms with Crippen molar-refractivity contribution in [1.29, 1.82) is 0 Å². The summed E-state index contributed by atoms with van der Waals surface area (Å²) in [6, 6.07) is 20.2. The average Bonchev–Trinajstić information content (AvgIpc) is 3.07. The van der Waals surface area contributed by atoms with Crippen molar-refractivity contribution < 1.29 is 9.90 Å². The summed E-state index contributed by atoms with van der Waals surface area (Å²) >= 11 is 0. The van der Waals surface area contributed by atoms with Gasteiger partial charge in [0.1, 0.15) is 0 Å². The Morgan fingerprint density at radius 1 is 0.968 bits per heavy atom. The smallest absolute Gasteiger partial charge is 0.296 e. The molecule has 7 nitrogen and oxygen atoms in total. The van der Waals surface area contributed by atoms with Gasteiger partial charge in [0.15, 0.2) is 5.69 Å². The van der Waals surface area contributed by atoms with Gasteiger partial charge in [-0.2, -0.15) is 0 Å². The third-order valence-electron chi connectivity index (χ3n) is 5.21. The van der Waals surface area contributed by atoms with Crippen molar-refractivity contribution in [3.8, 4) is 17.1 Å². The molecule has 0 unspecified atom stereocenters. The molecule has 150 valence electrons. The minimum Gasteiger partial charge on any atom is -0.493 e. The second kappa shape index (κ2) is 7.46. The number of nitrogens with zero attached hydrogens (tertiary/aromatic N) is 5. The van der Waals surface area contributed by atoms with Gasteiger partial charge in [0.05, 0.1) is 22.3 Å². The van der Waals surface area contributed by atoms with E-state index in [0.717, 1.165) is 16.5 Å². The Bertz CT molecular complexity index is 1470. The molecule has 1 N–H and O–H groups in total. The highest BCUT2D eigenvalue weighted by Gasteiger charge is 2.16. The number of aromatic hydroxyl groups is 1. The normalized spacial score (nSPS) is 11.5. The van der Waals surface area contributed by atoms with Gasteiger partial charge in [0.25, 0.3) is 5.91 Å². The highest BCUT2D eigenvalue weighted by Crippen LogP contribution is 2.38. The molecular formula is C24H17N5O2.